The van der Waals surface area contributed by atoms with Gasteiger partial charge in [0, 0.05) is 18.2 Å². The van der Waals surface area contributed by atoms with Gasteiger partial charge < -0.3 is 19.3 Å². The largest absolute Gasteiger partial charge is 0.504 e. The number of aliphatic imine (C=N–C) groups is 1. The Hall–Kier alpha value is -2.40. The van der Waals surface area contributed by atoms with Crippen molar-refractivity contribution in [1.29, 1.82) is 0 Å². The van der Waals surface area contributed by atoms with Gasteiger partial charge in [-0.2, -0.15) is 0 Å². The lowest BCUT2D eigenvalue weighted by Crippen LogP contribution is -1.97. The van der Waals surface area contributed by atoms with Gasteiger partial charge >= 0.3 is 0 Å². The number of aromatic hydroxyl groups is 1. The lowest BCUT2D eigenvalue weighted by atomic mass is 10.2. The third-order valence-corrected chi connectivity index (χ3v) is 3.98. The van der Waals surface area contributed by atoms with Crippen LogP contribution in [0.3, 0.4) is 0 Å². The van der Waals surface area contributed by atoms with E-state index in [9.17, 15) is 5.11 Å². The zero-order valence-corrected chi connectivity index (χ0v) is 14.8. The van der Waals surface area contributed by atoms with E-state index in [1.807, 2.05) is 25.1 Å². The Morgan fingerprint density at radius 1 is 1.28 bits per heavy atom. The van der Waals surface area contributed by atoms with Crippen LogP contribution in [0.15, 0.2) is 35.3 Å². The maximum atomic E-state index is 10.2. The summed E-state index contributed by atoms with van der Waals surface area (Å²) in [7, 11) is 0. The van der Waals surface area contributed by atoms with Crippen LogP contribution < -0.4 is 14.2 Å². The molecule has 2 aromatic rings. The monoisotopic (exact) mass is 361 g/mol. The van der Waals surface area contributed by atoms with Crippen molar-refractivity contribution in [3.05, 3.63) is 46.5 Å². The van der Waals surface area contributed by atoms with Crippen LogP contribution in [0, 0.1) is 0 Å². The SMILES string of the molecule is CCOc1cccc(C=NCc2cc(Cl)c3c(c2)OCCCO3)c1O. The zero-order valence-electron chi connectivity index (χ0n) is 14.0. The first-order chi connectivity index (χ1) is 12.2. The molecule has 0 aliphatic carbocycles. The molecule has 3 rings (SSSR count). The smallest absolute Gasteiger partial charge is 0.179 e. The molecule has 0 radical (unpaired) electrons. The van der Waals surface area contributed by atoms with Gasteiger partial charge in [0.2, 0.25) is 0 Å². The minimum absolute atomic E-state index is 0.0878. The molecule has 6 heteroatoms. The van der Waals surface area contributed by atoms with Gasteiger partial charge in [0.1, 0.15) is 0 Å². The maximum absolute atomic E-state index is 10.2. The normalized spacial score (nSPS) is 13.7. The number of rotatable bonds is 5. The topological polar surface area (TPSA) is 60.3 Å². The van der Waals surface area contributed by atoms with E-state index < -0.39 is 0 Å². The number of nitrogens with zero attached hydrogens (tertiary/aromatic N) is 1. The van der Waals surface area contributed by atoms with Gasteiger partial charge in [-0.3, -0.25) is 4.99 Å². The van der Waals surface area contributed by atoms with Gasteiger partial charge in [0.05, 0.1) is 31.4 Å². The molecule has 25 heavy (non-hydrogen) atoms. The molecule has 0 saturated carbocycles. The van der Waals surface area contributed by atoms with Gasteiger partial charge in [-0.05, 0) is 36.8 Å². The number of hydrogen-bond donors (Lipinski definition) is 1. The Bertz CT molecular complexity index is 776. The summed E-state index contributed by atoms with van der Waals surface area (Å²) in [6, 6.07) is 9.03. The van der Waals surface area contributed by atoms with E-state index in [0.717, 1.165) is 12.0 Å². The second kappa shape index (κ2) is 8.12. The van der Waals surface area contributed by atoms with Crippen molar-refractivity contribution in [3.8, 4) is 23.0 Å². The van der Waals surface area contributed by atoms with Crippen molar-refractivity contribution >= 4 is 17.8 Å². The minimum atomic E-state index is 0.0878. The highest BCUT2D eigenvalue weighted by molar-refractivity contribution is 6.32. The molecule has 0 saturated heterocycles. The predicted octanol–water partition coefficient (Wildman–Crippen LogP) is 4.22. The molecule has 2 aromatic carbocycles. The molecule has 5 nitrogen and oxygen atoms in total. The van der Waals surface area contributed by atoms with Gasteiger partial charge in [-0.1, -0.05) is 17.7 Å². The van der Waals surface area contributed by atoms with Crippen LogP contribution in [0.5, 0.6) is 23.0 Å². The van der Waals surface area contributed by atoms with Gasteiger partial charge in [0.25, 0.3) is 0 Å². The number of phenolic OH excluding ortho intramolecular Hbond substituents is 1. The number of hydrogen-bond acceptors (Lipinski definition) is 5. The summed E-state index contributed by atoms with van der Waals surface area (Å²) in [6.45, 7) is 3.97. The van der Waals surface area contributed by atoms with E-state index in [1.165, 1.54) is 0 Å². The molecule has 0 aromatic heterocycles. The number of ether oxygens (including phenoxy) is 3. The number of benzene rings is 2. The van der Waals surface area contributed by atoms with E-state index in [1.54, 1.807) is 18.3 Å². The van der Waals surface area contributed by atoms with Crippen LogP contribution in [0.2, 0.25) is 5.02 Å². The third kappa shape index (κ3) is 4.17. The fourth-order valence-electron chi connectivity index (χ4n) is 2.54. The first kappa shape index (κ1) is 17.4. The number of fused-ring (bicyclic) bond motifs is 1. The number of halogens is 1. The molecule has 0 unspecified atom stereocenters. The van der Waals surface area contributed by atoms with Crippen molar-refractivity contribution < 1.29 is 19.3 Å². The summed E-state index contributed by atoms with van der Waals surface area (Å²) in [4.78, 5) is 4.39. The fraction of sp³-hybridized carbons (Fsp3) is 0.316. The third-order valence-electron chi connectivity index (χ3n) is 3.70. The fourth-order valence-corrected chi connectivity index (χ4v) is 2.83. The van der Waals surface area contributed by atoms with E-state index >= 15 is 0 Å². The van der Waals surface area contributed by atoms with E-state index in [-0.39, 0.29) is 5.75 Å². The van der Waals surface area contributed by atoms with Crippen molar-refractivity contribution in [3.63, 3.8) is 0 Å². The maximum Gasteiger partial charge on any atom is 0.179 e. The Labute approximate surface area is 151 Å². The highest BCUT2D eigenvalue weighted by Gasteiger charge is 2.15. The molecule has 0 bridgehead atoms. The van der Waals surface area contributed by atoms with Gasteiger partial charge in [-0.25, -0.2) is 0 Å². The van der Waals surface area contributed by atoms with Crippen molar-refractivity contribution in [2.24, 2.45) is 4.99 Å². The standard InChI is InChI=1S/C19H20ClNO4/c1-2-23-16-6-3-5-14(18(16)22)12-21-11-13-9-15(20)19-17(10-13)24-7-4-8-25-19/h3,5-6,9-10,12,22H,2,4,7-8,11H2,1H3. The van der Waals surface area contributed by atoms with E-state index in [2.05, 4.69) is 4.99 Å². The quantitative estimate of drug-likeness (QED) is 0.810. The summed E-state index contributed by atoms with van der Waals surface area (Å²) in [6.07, 6.45) is 2.45. The van der Waals surface area contributed by atoms with Crippen molar-refractivity contribution in [2.45, 2.75) is 19.9 Å². The Morgan fingerprint density at radius 2 is 2.12 bits per heavy atom. The average Bonchev–Trinajstić information content (AvgIpc) is 2.84. The summed E-state index contributed by atoms with van der Waals surface area (Å²) in [5.74, 6) is 1.78. The predicted molar refractivity (Wildman–Crippen MR) is 97.6 cm³/mol. The summed E-state index contributed by atoms with van der Waals surface area (Å²) >= 11 is 6.28. The first-order valence-electron chi connectivity index (χ1n) is 8.21. The Morgan fingerprint density at radius 3 is 2.96 bits per heavy atom. The van der Waals surface area contributed by atoms with E-state index in [4.69, 9.17) is 25.8 Å². The van der Waals surface area contributed by atoms with Crippen molar-refractivity contribution in [1.82, 2.24) is 0 Å². The molecule has 1 aliphatic rings. The van der Waals surface area contributed by atoms with Crippen molar-refractivity contribution in [2.75, 3.05) is 19.8 Å². The number of para-hydroxylation sites is 1. The van der Waals surface area contributed by atoms with Gasteiger partial charge in [-0.15, -0.1) is 0 Å². The Kier molecular flexibility index (Phi) is 5.66. The van der Waals surface area contributed by atoms with Crippen LogP contribution >= 0.6 is 11.6 Å². The molecule has 0 fully saturated rings. The zero-order chi connectivity index (χ0) is 17.6. The first-order valence-corrected chi connectivity index (χ1v) is 8.59. The molecule has 0 amide bonds. The minimum Gasteiger partial charge on any atom is -0.504 e. The molecule has 132 valence electrons. The Balaban J connectivity index is 1.76. The molecule has 0 atom stereocenters. The lowest BCUT2D eigenvalue weighted by molar-refractivity contribution is 0.297. The summed E-state index contributed by atoms with van der Waals surface area (Å²) in [5, 5.41) is 10.7. The lowest BCUT2D eigenvalue weighted by Gasteiger charge is -2.10. The molecular weight excluding hydrogens is 342 g/mol. The molecule has 1 heterocycles. The van der Waals surface area contributed by atoms with Crippen LogP contribution in [0.25, 0.3) is 0 Å². The molecule has 1 aliphatic heterocycles. The average molecular weight is 362 g/mol. The molecular formula is C19H20ClNO4. The van der Waals surface area contributed by atoms with Crippen LogP contribution in [-0.4, -0.2) is 31.1 Å². The van der Waals surface area contributed by atoms with E-state index in [0.29, 0.717) is 54.2 Å². The van der Waals surface area contributed by atoms with Crippen LogP contribution in [-0.2, 0) is 6.54 Å². The summed E-state index contributed by atoms with van der Waals surface area (Å²) < 4.78 is 16.7. The number of phenols is 1. The highest BCUT2D eigenvalue weighted by Crippen LogP contribution is 2.38. The molecule has 1 N–H and O–H groups in total. The second-order valence-corrected chi connectivity index (χ2v) is 5.96. The van der Waals surface area contributed by atoms with Crippen LogP contribution in [0.1, 0.15) is 24.5 Å². The van der Waals surface area contributed by atoms with Gasteiger partial charge in [0.15, 0.2) is 23.0 Å². The van der Waals surface area contributed by atoms with Crippen LogP contribution in [0.4, 0.5) is 0 Å². The highest BCUT2D eigenvalue weighted by atomic mass is 35.5. The molecule has 0 spiro atoms. The summed E-state index contributed by atoms with van der Waals surface area (Å²) in [5.41, 5.74) is 1.51. The second-order valence-electron chi connectivity index (χ2n) is 5.55.